The third-order valence-electron chi connectivity index (χ3n) is 3.77. The number of pyridine rings is 1. The van der Waals surface area contributed by atoms with Gasteiger partial charge in [0, 0.05) is 25.5 Å². The first kappa shape index (κ1) is 12.5. The van der Waals surface area contributed by atoms with E-state index in [1.54, 1.807) is 0 Å². The van der Waals surface area contributed by atoms with Crippen molar-refractivity contribution in [2.24, 2.45) is 11.8 Å². The van der Waals surface area contributed by atoms with Crippen LogP contribution in [0.5, 0.6) is 0 Å². The molecular weight excluding hydrogens is 210 g/mol. The Morgan fingerprint density at radius 2 is 2.12 bits per heavy atom. The molecule has 1 N–H and O–H groups in total. The van der Waals surface area contributed by atoms with Crippen LogP contribution in [-0.2, 0) is 6.54 Å². The van der Waals surface area contributed by atoms with Gasteiger partial charge in [0.1, 0.15) is 0 Å². The van der Waals surface area contributed by atoms with Gasteiger partial charge >= 0.3 is 0 Å². The molecule has 1 aromatic heterocycles. The first-order valence-electron chi connectivity index (χ1n) is 6.61. The molecule has 3 heteroatoms. The van der Waals surface area contributed by atoms with E-state index in [0.717, 1.165) is 24.9 Å². The normalized spacial score (nSPS) is 18.1. The van der Waals surface area contributed by atoms with Gasteiger partial charge in [-0.1, -0.05) is 13.8 Å². The van der Waals surface area contributed by atoms with Gasteiger partial charge in [-0.05, 0) is 49.2 Å². The lowest BCUT2D eigenvalue weighted by Gasteiger charge is -2.35. The minimum Gasteiger partial charge on any atom is -0.316 e. The Kier molecular flexibility index (Phi) is 4.51. The summed E-state index contributed by atoms with van der Waals surface area (Å²) < 4.78 is 0. The molecule has 17 heavy (non-hydrogen) atoms. The number of rotatable bonds is 6. The zero-order valence-electron chi connectivity index (χ0n) is 10.9. The molecule has 1 aliphatic heterocycles. The van der Waals surface area contributed by atoms with Crippen LogP contribution in [0.15, 0.2) is 24.5 Å². The Morgan fingerprint density at radius 1 is 1.41 bits per heavy atom. The van der Waals surface area contributed by atoms with Gasteiger partial charge in [-0.2, -0.15) is 0 Å². The van der Waals surface area contributed by atoms with Crippen LogP contribution < -0.4 is 5.32 Å². The van der Waals surface area contributed by atoms with Crippen molar-refractivity contribution < 1.29 is 0 Å². The maximum absolute atomic E-state index is 4.06. The topological polar surface area (TPSA) is 28.2 Å². The zero-order chi connectivity index (χ0) is 12.1. The van der Waals surface area contributed by atoms with Crippen molar-refractivity contribution in [3.63, 3.8) is 0 Å². The highest BCUT2D eigenvalue weighted by Gasteiger charge is 2.24. The summed E-state index contributed by atoms with van der Waals surface area (Å²) in [7, 11) is 0. The van der Waals surface area contributed by atoms with Crippen LogP contribution >= 0.6 is 0 Å². The first-order valence-corrected chi connectivity index (χ1v) is 6.61. The van der Waals surface area contributed by atoms with Crippen molar-refractivity contribution in [2.45, 2.75) is 20.4 Å². The smallest absolute Gasteiger partial charge is 0.0271 e. The lowest BCUT2D eigenvalue weighted by molar-refractivity contribution is 0.166. The van der Waals surface area contributed by atoms with Gasteiger partial charge < -0.3 is 5.32 Å². The third kappa shape index (κ3) is 3.51. The van der Waals surface area contributed by atoms with Gasteiger partial charge in [0.15, 0.2) is 0 Å². The Morgan fingerprint density at radius 3 is 2.65 bits per heavy atom. The summed E-state index contributed by atoms with van der Waals surface area (Å²) in [5, 5.41) is 3.36. The second-order valence-electron chi connectivity index (χ2n) is 5.08. The highest BCUT2D eigenvalue weighted by Crippen LogP contribution is 2.18. The monoisotopic (exact) mass is 233 g/mol. The van der Waals surface area contributed by atoms with Gasteiger partial charge in [-0.25, -0.2) is 0 Å². The van der Waals surface area contributed by atoms with E-state index in [2.05, 4.69) is 41.2 Å². The van der Waals surface area contributed by atoms with E-state index in [1.807, 2.05) is 12.4 Å². The van der Waals surface area contributed by atoms with E-state index >= 15 is 0 Å². The summed E-state index contributed by atoms with van der Waals surface area (Å²) in [5.41, 5.74) is 1.36. The fraction of sp³-hybridized carbons (Fsp3) is 0.643. The minimum absolute atomic E-state index is 0.790. The molecule has 2 heterocycles. The van der Waals surface area contributed by atoms with Crippen molar-refractivity contribution in [3.05, 3.63) is 30.1 Å². The number of nitrogens with one attached hydrogen (secondary N) is 1. The quantitative estimate of drug-likeness (QED) is 0.811. The second-order valence-corrected chi connectivity index (χ2v) is 5.08. The van der Waals surface area contributed by atoms with E-state index in [4.69, 9.17) is 0 Å². The van der Waals surface area contributed by atoms with Crippen LogP contribution in [0.3, 0.4) is 0 Å². The van der Waals surface area contributed by atoms with Crippen LogP contribution in [0.25, 0.3) is 0 Å². The number of nitrogens with zero attached hydrogens (tertiary/aromatic N) is 2. The molecule has 1 saturated heterocycles. The molecule has 1 unspecified atom stereocenters. The van der Waals surface area contributed by atoms with Gasteiger partial charge in [0.2, 0.25) is 0 Å². The molecule has 1 aromatic rings. The van der Waals surface area contributed by atoms with Crippen molar-refractivity contribution >= 4 is 0 Å². The van der Waals surface area contributed by atoms with Crippen molar-refractivity contribution in [1.29, 1.82) is 0 Å². The predicted octanol–water partition coefficient (Wildman–Crippen LogP) is 1.76. The maximum atomic E-state index is 4.06. The van der Waals surface area contributed by atoms with Gasteiger partial charge in [-0.3, -0.25) is 9.88 Å². The molecule has 0 radical (unpaired) electrons. The Bertz CT molecular complexity index is 321. The summed E-state index contributed by atoms with van der Waals surface area (Å²) in [6, 6.07) is 4.22. The van der Waals surface area contributed by atoms with Crippen LogP contribution in [0.4, 0.5) is 0 Å². The average molecular weight is 233 g/mol. The second kappa shape index (κ2) is 6.12. The Labute approximate surface area is 104 Å². The van der Waals surface area contributed by atoms with Crippen molar-refractivity contribution in [3.8, 4) is 0 Å². The van der Waals surface area contributed by atoms with Gasteiger partial charge in [0.25, 0.3) is 0 Å². The largest absolute Gasteiger partial charge is 0.316 e. The number of hydrogen-bond acceptors (Lipinski definition) is 3. The molecule has 1 atom stereocenters. The molecule has 0 aromatic carbocycles. The highest BCUT2D eigenvalue weighted by molar-refractivity contribution is 5.09. The van der Waals surface area contributed by atoms with Crippen LogP contribution in [0.1, 0.15) is 19.4 Å². The molecule has 0 aliphatic carbocycles. The lowest BCUT2D eigenvalue weighted by atomic mass is 9.88. The zero-order valence-corrected chi connectivity index (χ0v) is 10.9. The molecular formula is C14H23N3. The molecule has 1 aliphatic rings. The van der Waals surface area contributed by atoms with E-state index in [1.165, 1.54) is 25.2 Å². The molecule has 3 nitrogen and oxygen atoms in total. The summed E-state index contributed by atoms with van der Waals surface area (Å²) >= 11 is 0. The van der Waals surface area contributed by atoms with Crippen LogP contribution in [0, 0.1) is 11.8 Å². The van der Waals surface area contributed by atoms with Crippen molar-refractivity contribution in [1.82, 2.24) is 15.2 Å². The van der Waals surface area contributed by atoms with E-state index in [9.17, 15) is 0 Å². The fourth-order valence-electron chi connectivity index (χ4n) is 2.32. The molecule has 0 bridgehead atoms. The summed E-state index contributed by atoms with van der Waals surface area (Å²) in [6.45, 7) is 10.4. The van der Waals surface area contributed by atoms with Crippen LogP contribution in [-0.4, -0.2) is 36.1 Å². The van der Waals surface area contributed by atoms with E-state index < -0.39 is 0 Å². The number of aromatic nitrogens is 1. The van der Waals surface area contributed by atoms with Crippen molar-refractivity contribution in [2.75, 3.05) is 26.2 Å². The minimum atomic E-state index is 0.790. The molecule has 0 spiro atoms. The molecule has 2 rings (SSSR count). The Balaban J connectivity index is 1.83. The fourth-order valence-corrected chi connectivity index (χ4v) is 2.32. The number of hydrogen-bond donors (Lipinski definition) is 1. The predicted molar refractivity (Wildman–Crippen MR) is 70.7 cm³/mol. The Hall–Kier alpha value is -0.930. The van der Waals surface area contributed by atoms with E-state index in [0.29, 0.717) is 0 Å². The SMILES string of the molecule is CCN(Cc1ccncc1)CC(C)C1CNC1. The molecule has 0 saturated carbocycles. The lowest BCUT2D eigenvalue weighted by Crippen LogP contribution is -2.48. The van der Waals surface area contributed by atoms with Gasteiger partial charge in [-0.15, -0.1) is 0 Å². The van der Waals surface area contributed by atoms with E-state index in [-0.39, 0.29) is 0 Å². The summed E-state index contributed by atoms with van der Waals surface area (Å²) in [6.07, 6.45) is 3.75. The summed E-state index contributed by atoms with van der Waals surface area (Å²) in [4.78, 5) is 6.59. The summed E-state index contributed by atoms with van der Waals surface area (Å²) in [5.74, 6) is 1.67. The average Bonchev–Trinajstić information content (AvgIpc) is 2.27. The first-order chi connectivity index (χ1) is 8.29. The van der Waals surface area contributed by atoms with Crippen LogP contribution in [0.2, 0.25) is 0 Å². The standard InChI is InChI=1S/C14H23N3/c1-3-17(10-12(2)14-8-16-9-14)11-13-4-6-15-7-5-13/h4-7,12,14,16H,3,8-11H2,1-2H3. The third-order valence-corrected chi connectivity index (χ3v) is 3.77. The maximum Gasteiger partial charge on any atom is 0.0271 e. The highest BCUT2D eigenvalue weighted by atomic mass is 15.1. The molecule has 94 valence electrons. The molecule has 1 fully saturated rings. The molecule has 0 amide bonds. The van der Waals surface area contributed by atoms with Gasteiger partial charge in [0.05, 0.1) is 0 Å².